The van der Waals surface area contributed by atoms with Gasteiger partial charge in [-0.3, -0.25) is 0 Å². The van der Waals surface area contributed by atoms with Crippen molar-refractivity contribution in [2.75, 3.05) is 0 Å². The number of unbranched alkanes of at least 4 members (excludes halogenated alkanes) is 7. The molecule has 0 bridgehead atoms. The third-order valence-electron chi connectivity index (χ3n) is 5.79. The van der Waals surface area contributed by atoms with E-state index in [4.69, 9.17) is 9.47 Å². The maximum Gasteiger partial charge on any atom is 0.126 e. The zero-order valence-corrected chi connectivity index (χ0v) is 19.6. The molecule has 3 rings (SSSR count). The Hall–Kier alpha value is -3.07. The monoisotopic (exact) mass is 444 g/mol. The Morgan fingerprint density at radius 2 is 1.18 bits per heavy atom. The highest BCUT2D eigenvalue weighted by atomic mass is 16.5. The zero-order valence-electron chi connectivity index (χ0n) is 19.6. The van der Waals surface area contributed by atoms with E-state index in [1.165, 1.54) is 37.7 Å². The molecule has 0 aliphatic rings. The molecule has 3 heteroatoms. The highest BCUT2D eigenvalue weighted by Crippen LogP contribution is 2.28. The Balaban J connectivity index is 1.52. The van der Waals surface area contributed by atoms with Crippen molar-refractivity contribution in [3.8, 4) is 11.5 Å². The first-order valence-corrected chi connectivity index (χ1v) is 12.2. The van der Waals surface area contributed by atoms with Gasteiger partial charge in [0.25, 0.3) is 0 Å². The van der Waals surface area contributed by atoms with E-state index in [1.54, 1.807) is 0 Å². The molecule has 0 radical (unpaired) electrons. The van der Waals surface area contributed by atoms with Crippen LogP contribution in [0.2, 0.25) is 0 Å². The van der Waals surface area contributed by atoms with Crippen molar-refractivity contribution >= 4 is 6.29 Å². The van der Waals surface area contributed by atoms with Crippen molar-refractivity contribution in [2.45, 2.75) is 71.0 Å². The summed E-state index contributed by atoms with van der Waals surface area (Å²) in [7, 11) is 0. The molecule has 3 aromatic rings. The Labute approximate surface area is 198 Å². The summed E-state index contributed by atoms with van der Waals surface area (Å²) in [4.78, 5) is 10.4. The molecule has 174 valence electrons. The van der Waals surface area contributed by atoms with Gasteiger partial charge in [-0.2, -0.15) is 0 Å². The third kappa shape index (κ3) is 9.53. The normalized spacial score (nSPS) is 10.7. The van der Waals surface area contributed by atoms with Crippen LogP contribution >= 0.6 is 0 Å². The number of hydrogen-bond acceptors (Lipinski definition) is 3. The number of rotatable bonds is 16. The first-order valence-electron chi connectivity index (χ1n) is 12.2. The summed E-state index contributed by atoms with van der Waals surface area (Å²) in [6, 6.07) is 26.7. The van der Waals surface area contributed by atoms with E-state index >= 15 is 0 Å². The van der Waals surface area contributed by atoms with E-state index in [9.17, 15) is 4.79 Å². The number of aldehydes is 1. The fourth-order valence-electron chi connectivity index (χ4n) is 3.87. The molecular weight excluding hydrogens is 408 g/mol. The van der Waals surface area contributed by atoms with Crippen molar-refractivity contribution in [1.82, 2.24) is 0 Å². The van der Waals surface area contributed by atoms with E-state index in [1.807, 2.05) is 42.5 Å². The number of benzene rings is 3. The second kappa shape index (κ2) is 14.9. The zero-order chi connectivity index (χ0) is 23.0. The van der Waals surface area contributed by atoms with Crippen molar-refractivity contribution < 1.29 is 14.3 Å². The van der Waals surface area contributed by atoms with Gasteiger partial charge in [0, 0.05) is 12.5 Å². The van der Waals surface area contributed by atoms with E-state index in [-0.39, 0.29) is 0 Å². The van der Waals surface area contributed by atoms with Gasteiger partial charge >= 0.3 is 0 Å². The van der Waals surface area contributed by atoms with E-state index in [0.29, 0.717) is 19.6 Å². The molecule has 3 nitrogen and oxygen atoms in total. The Morgan fingerprint density at radius 1 is 0.606 bits per heavy atom. The molecule has 0 unspecified atom stereocenters. The van der Waals surface area contributed by atoms with Crippen LogP contribution in [-0.2, 0) is 24.4 Å². The first kappa shape index (κ1) is 24.6. The van der Waals surface area contributed by atoms with Crippen molar-refractivity contribution in [1.29, 1.82) is 0 Å². The fourth-order valence-corrected chi connectivity index (χ4v) is 3.87. The van der Waals surface area contributed by atoms with Crippen LogP contribution in [0.25, 0.3) is 0 Å². The van der Waals surface area contributed by atoms with Gasteiger partial charge in [-0.1, -0.05) is 98.8 Å². The van der Waals surface area contributed by atoms with Crippen LogP contribution < -0.4 is 9.47 Å². The molecule has 0 spiro atoms. The minimum Gasteiger partial charge on any atom is -0.489 e. The SMILES string of the molecule is O=CCCCCCCCCCc1ccc(OCc2ccccc2)cc1OCc1ccccc1. The summed E-state index contributed by atoms with van der Waals surface area (Å²) in [5.41, 5.74) is 3.55. The van der Waals surface area contributed by atoms with Crippen LogP contribution in [0.4, 0.5) is 0 Å². The van der Waals surface area contributed by atoms with Gasteiger partial charge in [-0.25, -0.2) is 0 Å². The molecule has 0 atom stereocenters. The number of carbonyl (C=O) groups is 1. The van der Waals surface area contributed by atoms with Crippen molar-refractivity contribution in [3.05, 3.63) is 95.6 Å². The molecule has 33 heavy (non-hydrogen) atoms. The topological polar surface area (TPSA) is 35.5 Å². The maximum atomic E-state index is 10.4. The second-order valence-corrected chi connectivity index (χ2v) is 8.50. The van der Waals surface area contributed by atoms with Crippen LogP contribution in [-0.4, -0.2) is 6.29 Å². The van der Waals surface area contributed by atoms with Gasteiger partial charge in [0.05, 0.1) is 0 Å². The quantitative estimate of drug-likeness (QED) is 0.168. The van der Waals surface area contributed by atoms with Crippen LogP contribution in [0, 0.1) is 0 Å². The summed E-state index contributed by atoms with van der Waals surface area (Å²) in [5, 5.41) is 0. The van der Waals surface area contributed by atoms with E-state index < -0.39 is 0 Å². The van der Waals surface area contributed by atoms with Crippen LogP contribution in [0.5, 0.6) is 11.5 Å². The minimum atomic E-state index is 0.547. The molecule has 3 aromatic carbocycles. The van der Waals surface area contributed by atoms with Gasteiger partial charge in [0.15, 0.2) is 0 Å². The molecule has 0 saturated carbocycles. The van der Waals surface area contributed by atoms with E-state index in [0.717, 1.165) is 48.2 Å². The van der Waals surface area contributed by atoms with Crippen LogP contribution in [0.1, 0.15) is 68.1 Å². The third-order valence-corrected chi connectivity index (χ3v) is 5.79. The largest absolute Gasteiger partial charge is 0.489 e. The molecule has 0 heterocycles. The summed E-state index contributed by atoms with van der Waals surface area (Å²) in [6.45, 7) is 1.10. The lowest BCUT2D eigenvalue weighted by Gasteiger charge is -2.14. The molecule has 0 fully saturated rings. The highest BCUT2D eigenvalue weighted by molar-refractivity contribution is 5.48. The highest BCUT2D eigenvalue weighted by Gasteiger charge is 2.08. The number of hydrogen-bond donors (Lipinski definition) is 0. The molecule has 0 N–H and O–H groups in total. The fraction of sp³-hybridized carbons (Fsp3) is 0.367. The average molecular weight is 445 g/mol. The number of carbonyl (C=O) groups excluding carboxylic acids is 1. The molecule has 0 saturated heterocycles. The van der Waals surface area contributed by atoms with Crippen molar-refractivity contribution in [2.24, 2.45) is 0 Å². The second-order valence-electron chi connectivity index (χ2n) is 8.50. The molecular formula is C30H36O3. The average Bonchev–Trinajstić information content (AvgIpc) is 2.87. The summed E-state index contributed by atoms with van der Waals surface area (Å²) in [5.74, 6) is 1.75. The molecule has 0 aliphatic carbocycles. The van der Waals surface area contributed by atoms with E-state index in [2.05, 4.69) is 36.4 Å². The predicted molar refractivity (Wildman–Crippen MR) is 135 cm³/mol. The van der Waals surface area contributed by atoms with Crippen LogP contribution in [0.3, 0.4) is 0 Å². The van der Waals surface area contributed by atoms with Crippen LogP contribution in [0.15, 0.2) is 78.9 Å². The maximum absolute atomic E-state index is 10.4. The van der Waals surface area contributed by atoms with Crippen molar-refractivity contribution in [3.63, 3.8) is 0 Å². The predicted octanol–water partition coefficient (Wildman–Crippen LogP) is 7.71. The Bertz CT molecular complexity index is 922. The minimum absolute atomic E-state index is 0.547. The Kier molecular flexibility index (Phi) is 11.1. The number of aryl methyl sites for hydroxylation is 1. The lowest BCUT2D eigenvalue weighted by atomic mass is 10.0. The summed E-state index contributed by atoms with van der Waals surface area (Å²) in [6.07, 6.45) is 11.0. The van der Waals surface area contributed by atoms with Gasteiger partial charge in [0.1, 0.15) is 31.0 Å². The standard InChI is InChI=1S/C30H36O3/c31-22-14-6-4-2-1-3-5-13-19-28-20-21-29(32-24-26-15-9-7-10-16-26)23-30(28)33-25-27-17-11-8-12-18-27/h7-12,15-18,20-23H,1-6,13-14,19,24-25H2. The lowest BCUT2D eigenvalue weighted by Crippen LogP contribution is -2.01. The smallest absolute Gasteiger partial charge is 0.126 e. The molecule has 0 aromatic heterocycles. The van der Waals surface area contributed by atoms with Gasteiger partial charge in [0.2, 0.25) is 0 Å². The van der Waals surface area contributed by atoms with Gasteiger partial charge < -0.3 is 14.3 Å². The van der Waals surface area contributed by atoms with Gasteiger partial charge in [-0.05, 0) is 42.0 Å². The first-order chi connectivity index (χ1) is 16.3. The Morgan fingerprint density at radius 3 is 1.82 bits per heavy atom. The summed E-state index contributed by atoms with van der Waals surface area (Å²) >= 11 is 0. The molecule has 0 amide bonds. The number of ether oxygens (including phenoxy) is 2. The lowest BCUT2D eigenvalue weighted by molar-refractivity contribution is -0.107. The van der Waals surface area contributed by atoms with Gasteiger partial charge in [-0.15, -0.1) is 0 Å². The molecule has 0 aliphatic heterocycles. The summed E-state index contributed by atoms with van der Waals surface area (Å²) < 4.78 is 12.3.